The van der Waals surface area contributed by atoms with Gasteiger partial charge in [0.15, 0.2) is 0 Å². The van der Waals surface area contributed by atoms with E-state index in [2.05, 4.69) is 60.0 Å². The van der Waals surface area contributed by atoms with Crippen molar-refractivity contribution in [3.05, 3.63) is 98.9 Å². The highest BCUT2D eigenvalue weighted by atomic mass is 35.5. The van der Waals surface area contributed by atoms with E-state index in [4.69, 9.17) is 11.6 Å². The van der Waals surface area contributed by atoms with Gasteiger partial charge >= 0.3 is 0 Å². The minimum absolute atomic E-state index is 0.182. The second-order valence-corrected chi connectivity index (χ2v) is 8.31. The SMILES string of the molecule is Clc1ccc2c(c1)C1(C3=CCCC=C3c3ccccc31)c1ccsc1-2. The Morgan fingerprint density at radius 3 is 2.68 bits per heavy atom. The van der Waals surface area contributed by atoms with Crippen LogP contribution in [0.25, 0.3) is 16.0 Å². The van der Waals surface area contributed by atoms with Crippen molar-refractivity contribution in [2.75, 3.05) is 0 Å². The van der Waals surface area contributed by atoms with Gasteiger partial charge in [-0.15, -0.1) is 11.3 Å². The van der Waals surface area contributed by atoms with Gasteiger partial charge in [-0.05, 0) is 75.4 Å². The number of hydrogen-bond donors (Lipinski definition) is 0. The average Bonchev–Trinajstić information content (AvgIpc) is 3.29. The van der Waals surface area contributed by atoms with E-state index in [0.29, 0.717) is 0 Å². The molecule has 3 aliphatic carbocycles. The minimum atomic E-state index is -0.182. The van der Waals surface area contributed by atoms with Gasteiger partial charge in [0.05, 0.1) is 5.41 Å². The first-order valence-electron chi connectivity index (χ1n) is 8.71. The summed E-state index contributed by atoms with van der Waals surface area (Å²) in [6, 6.07) is 17.7. The summed E-state index contributed by atoms with van der Waals surface area (Å²) in [6.07, 6.45) is 7.14. The van der Waals surface area contributed by atoms with Crippen molar-refractivity contribution in [1.29, 1.82) is 0 Å². The number of halogens is 1. The van der Waals surface area contributed by atoms with Crippen molar-refractivity contribution in [2.24, 2.45) is 0 Å². The van der Waals surface area contributed by atoms with Crippen LogP contribution in [-0.2, 0) is 5.41 Å². The standard InChI is InChI=1S/C23H15ClS/c24-14-9-10-17-21(13-14)23(20-11-12-25-22(17)20)18-7-3-1-5-15(18)16-6-2-4-8-19(16)23/h1,3,5-13H,2,4H2. The number of allylic oxidation sites excluding steroid dienone is 4. The molecule has 2 aromatic carbocycles. The van der Waals surface area contributed by atoms with E-state index >= 15 is 0 Å². The Morgan fingerprint density at radius 1 is 0.840 bits per heavy atom. The van der Waals surface area contributed by atoms with Crippen LogP contribution in [0.2, 0.25) is 5.02 Å². The number of benzene rings is 2. The normalized spacial score (nSPS) is 22.1. The molecule has 2 heteroatoms. The van der Waals surface area contributed by atoms with Crippen LogP contribution in [0, 0.1) is 0 Å². The van der Waals surface area contributed by atoms with Crippen molar-refractivity contribution < 1.29 is 0 Å². The second-order valence-electron chi connectivity index (χ2n) is 6.96. The van der Waals surface area contributed by atoms with Gasteiger partial charge in [0.25, 0.3) is 0 Å². The molecule has 0 saturated carbocycles. The van der Waals surface area contributed by atoms with Crippen LogP contribution in [0.1, 0.15) is 35.1 Å². The minimum Gasteiger partial charge on any atom is -0.143 e. The molecule has 25 heavy (non-hydrogen) atoms. The predicted octanol–water partition coefficient (Wildman–Crippen LogP) is 6.83. The number of thiophene rings is 1. The Bertz CT molecular complexity index is 1110. The van der Waals surface area contributed by atoms with Gasteiger partial charge in [-0.3, -0.25) is 0 Å². The summed E-state index contributed by atoms with van der Waals surface area (Å²) in [5.41, 5.74) is 9.63. The maximum Gasteiger partial charge on any atom is 0.0731 e. The van der Waals surface area contributed by atoms with Crippen LogP contribution in [0.3, 0.4) is 0 Å². The van der Waals surface area contributed by atoms with Crippen LogP contribution in [0.5, 0.6) is 0 Å². The lowest BCUT2D eigenvalue weighted by Crippen LogP contribution is -2.26. The highest BCUT2D eigenvalue weighted by Gasteiger charge is 2.53. The zero-order chi connectivity index (χ0) is 16.6. The summed E-state index contributed by atoms with van der Waals surface area (Å²) in [6.45, 7) is 0. The maximum absolute atomic E-state index is 6.47. The highest BCUT2D eigenvalue weighted by molar-refractivity contribution is 7.14. The summed E-state index contributed by atoms with van der Waals surface area (Å²) in [5.74, 6) is 0. The Kier molecular flexibility index (Phi) is 2.68. The Hall–Kier alpha value is -2.09. The van der Waals surface area contributed by atoms with Gasteiger partial charge in [-0.1, -0.05) is 54.1 Å². The largest absolute Gasteiger partial charge is 0.143 e. The first kappa shape index (κ1) is 14.1. The van der Waals surface area contributed by atoms with E-state index in [1.807, 2.05) is 17.4 Å². The fourth-order valence-electron chi connectivity index (χ4n) is 5.04. The monoisotopic (exact) mass is 358 g/mol. The number of hydrogen-bond acceptors (Lipinski definition) is 1. The number of fused-ring (bicyclic) bond motifs is 10. The molecule has 1 atom stereocenters. The van der Waals surface area contributed by atoms with Crippen LogP contribution < -0.4 is 0 Å². The van der Waals surface area contributed by atoms with Crippen LogP contribution in [-0.4, -0.2) is 0 Å². The molecule has 0 radical (unpaired) electrons. The molecular formula is C23H15ClS. The Labute approximate surface area is 156 Å². The first-order valence-corrected chi connectivity index (χ1v) is 9.97. The van der Waals surface area contributed by atoms with E-state index in [-0.39, 0.29) is 5.41 Å². The van der Waals surface area contributed by atoms with Crippen molar-refractivity contribution in [2.45, 2.75) is 18.3 Å². The lowest BCUT2D eigenvalue weighted by Gasteiger charge is -2.31. The Balaban J connectivity index is 1.84. The van der Waals surface area contributed by atoms with Crippen LogP contribution in [0.15, 0.2) is 71.6 Å². The summed E-state index contributed by atoms with van der Waals surface area (Å²) >= 11 is 8.31. The molecule has 0 amide bonds. The molecule has 1 spiro atoms. The molecule has 1 heterocycles. The highest BCUT2D eigenvalue weighted by Crippen LogP contribution is 2.65. The quantitative estimate of drug-likeness (QED) is 0.413. The summed E-state index contributed by atoms with van der Waals surface area (Å²) < 4.78 is 0. The van der Waals surface area contributed by atoms with E-state index in [1.54, 1.807) is 0 Å². The molecule has 0 fully saturated rings. The third-order valence-corrected chi connectivity index (χ3v) is 7.06. The fourth-order valence-corrected chi connectivity index (χ4v) is 6.20. The molecule has 3 aliphatic rings. The molecule has 0 nitrogen and oxygen atoms in total. The van der Waals surface area contributed by atoms with Crippen molar-refractivity contribution in [1.82, 2.24) is 0 Å². The summed E-state index contributed by atoms with van der Waals surface area (Å²) in [4.78, 5) is 1.40. The third-order valence-electron chi connectivity index (χ3n) is 5.88. The zero-order valence-corrected chi connectivity index (χ0v) is 15.1. The predicted molar refractivity (Wildman–Crippen MR) is 106 cm³/mol. The molecule has 120 valence electrons. The van der Waals surface area contributed by atoms with Crippen LogP contribution in [0.4, 0.5) is 0 Å². The van der Waals surface area contributed by atoms with Gasteiger partial charge in [0.2, 0.25) is 0 Å². The smallest absolute Gasteiger partial charge is 0.0731 e. The molecule has 0 N–H and O–H groups in total. The van der Waals surface area contributed by atoms with E-state index in [0.717, 1.165) is 17.9 Å². The molecule has 0 saturated heterocycles. The first-order chi connectivity index (χ1) is 12.3. The third kappa shape index (κ3) is 1.55. The van der Waals surface area contributed by atoms with Gasteiger partial charge in [-0.25, -0.2) is 0 Å². The molecule has 0 bridgehead atoms. The average molecular weight is 359 g/mol. The van der Waals surface area contributed by atoms with Crippen molar-refractivity contribution in [3.63, 3.8) is 0 Å². The summed E-state index contributed by atoms with van der Waals surface area (Å²) in [5, 5.41) is 3.05. The molecule has 1 aromatic heterocycles. The molecule has 1 unspecified atom stereocenters. The van der Waals surface area contributed by atoms with Crippen molar-refractivity contribution in [3.8, 4) is 10.4 Å². The number of rotatable bonds is 0. The van der Waals surface area contributed by atoms with Gasteiger partial charge < -0.3 is 0 Å². The van der Waals surface area contributed by atoms with E-state index in [9.17, 15) is 0 Å². The maximum atomic E-state index is 6.47. The van der Waals surface area contributed by atoms with Gasteiger partial charge in [0, 0.05) is 9.90 Å². The second kappa shape index (κ2) is 4.75. The fraction of sp³-hybridized carbons (Fsp3) is 0.130. The van der Waals surface area contributed by atoms with Gasteiger partial charge in [0.1, 0.15) is 0 Å². The summed E-state index contributed by atoms with van der Waals surface area (Å²) in [7, 11) is 0. The topological polar surface area (TPSA) is 0 Å². The molecular weight excluding hydrogens is 344 g/mol. The van der Waals surface area contributed by atoms with Gasteiger partial charge in [-0.2, -0.15) is 0 Å². The lowest BCUT2D eigenvalue weighted by molar-refractivity contribution is 0.784. The van der Waals surface area contributed by atoms with E-state index in [1.165, 1.54) is 43.8 Å². The Morgan fingerprint density at radius 2 is 1.72 bits per heavy atom. The molecule has 3 aromatic rings. The van der Waals surface area contributed by atoms with E-state index < -0.39 is 0 Å². The zero-order valence-electron chi connectivity index (χ0n) is 13.6. The lowest BCUT2D eigenvalue weighted by atomic mass is 9.70. The molecule has 0 aliphatic heterocycles. The van der Waals surface area contributed by atoms with Crippen LogP contribution >= 0.6 is 22.9 Å². The molecule has 6 rings (SSSR count). The van der Waals surface area contributed by atoms with Crippen molar-refractivity contribution >= 4 is 28.5 Å².